The maximum Gasteiger partial charge on any atom is 0.289 e. The summed E-state index contributed by atoms with van der Waals surface area (Å²) < 4.78 is 7.88. The maximum atomic E-state index is 12.9. The molecular formula is C25H24N4O3. The number of para-hydroxylation sites is 1. The molecule has 0 N–H and O–H groups in total. The lowest BCUT2D eigenvalue weighted by molar-refractivity contribution is 0.0603. The van der Waals surface area contributed by atoms with Gasteiger partial charge in [0, 0.05) is 63.3 Å². The molecule has 1 amide bonds. The van der Waals surface area contributed by atoms with E-state index in [0.29, 0.717) is 24.1 Å². The predicted octanol–water partition coefficient (Wildman–Crippen LogP) is 3.11. The number of carbonyl (C=O) groups excluding carboxylic acids is 1. The van der Waals surface area contributed by atoms with Crippen molar-refractivity contribution in [3.05, 3.63) is 89.0 Å². The molecule has 32 heavy (non-hydrogen) atoms. The topological polar surface area (TPSA) is 71.6 Å². The molecule has 5 rings (SSSR count). The highest BCUT2D eigenvalue weighted by molar-refractivity contribution is 5.93. The van der Waals surface area contributed by atoms with Crippen LogP contribution in [0.5, 0.6) is 0 Å². The predicted molar refractivity (Wildman–Crippen MR) is 122 cm³/mol. The Morgan fingerprint density at radius 1 is 0.938 bits per heavy atom. The van der Waals surface area contributed by atoms with Gasteiger partial charge < -0.3 is 13.9 Å². The Bertz CT molecular complexity index is 1290. The fourth-order valence-electron chi connectivity index (χ4n) is 4.13. The van der Waals surface area contributed by atoms with Gasteiger partial charge in [-0.2, -0.15) is 0 Å². The third-order valence-corrected chi connectivity index (χ3v) is 5.91. The standard InChI is InChI=1S/C25H24N4O3/c30-21-18-23(32-22-9-5-4-8-20(21)22)25(31)29-16-13-27(14-17-29)12-15-28-11-10-26-24(28)19-6-2-1-3-7-19/h1-11,18H,12-17H2. The first kappa shape index (κ1) is 20.2. The molecule has 4 aromatic rings. The second kappa shape index (κ2) is 8.80. The molecular weight excluding hydrogens is 404 g/mol. The summed E-state index contributed by atoms with van der Waals surface area (Å²) >= 11 is 0. The molecule has 0 radical (unpaired) electrons. The highest BCUT2D eigenvalue weighted by atomic mass is 16.3. The molecule has 1 fully saturated rings. The third-order valence-electron chi connectivity index (χ3n) is 5.91. The molecule has 162 valence electrons. The molecule has 0 bridgehead atoms. The molecule has 7 heteroatoms. The van der Waals surface area contributed by atoms with Crippen LogP contribution in [-0.2, 0) is 6.54 Å². The van der Waals surface area contributed by atoms with Gasteiger partial charge in [-0.3, -0.25) is 14.5 Å². The zero-order chi connectivity index (χ0) is 21.9. The van der Waals surface area contributed by atoms with Crippen LogP contribution in [0.4, 0.5) is 0 Å². The third kappa shape index (κ3) is 4.07. The number of carbonyl (C=O) groups is 1. The largest absolute Gasteiger partial charge is 0.451 e. The van der Waals surface area contributed by atoms with Crippen molar-refractivity contribution < 1.29 is 9.21 Å². The van der Waals surface area contributed by atoms with Crippen LogP contribution in [0.25, 0.3) is 22.4 Å². The van der Waals surface area contributed by atoms with Gasteiger partial charge in [-0.1, -0.05) is 42.5 Å². The molecule has 0 unspecified atom stereocenters. The number of nitrogens with zero attached hydrogens (tertiary/aromatic N) is 4. The van der Waals surface area contributed by atoms with Crippen molar-refractivity contribution in [1.29, 1.82) is 0 Å². The second-order valence-corrected chi connectivity index (χ2v) is 7.92. The molecule has 3 heterocycles. The molecule has 1 aliphatic heterocycles. The van der Waals surface area contributed by atoms with E-state index in [4.69, 9.17) is 4.42 Å². The molecule has 0 aliphatic carbocycles. The minimum atomic E-state index is -0.228. The Kier molecular flexibility index (Phi) is 5.56. The fraction of sp³-hybridized carbons (Fsp3) is 0.240. The summed E-state index contributed by atoms with van der Waals surface area (Å²) in [6, 6.07) is 18.5. The fourth-order valence-corrected chi connectivity index (χ4v) is 4.13. The quantitative estimate of drug-likeness (QED) is 0.488. The number of imidazole rings is 1. The van der Waals surface area contributed by atoms with Gasteiger partial charge in [-0.05, 0) is 12.1 Å². The first-order chi connectivity index (χ1) is 15.7. The molecule has 1 aliphatic rings. The number of hydrogen-bond donors (Lipinski definition) is 0. The molecule has 7 nitrogen and oxygen atoms in total. The summed E-state index contributed by atoms with van der Waals surface area (Å²) in [5.74, 6) is 0.840. The monoisotopic (exact) mass is 428 g/mol. The number of amides is 1. The van der Waals surface area contributed by atoms with E-state index >= 15 is 0 Å². The van der Waals surface area contributed by atoms with Gasteiger partial charge in [0.2, 0.25) is 0 Å². The SMILES string of the molecule is O=C(c1cc(=O)c2ccccc2o1)N1CCN(CCn2ccnc2-c2ccccc2)CC1. The average Bonchev–Trinajstić information content (AvgIpc) is 3.32. The van der Waals surface area contributed by atoms with Crippen LogP contribution in [0.3, 0.4) is 0 Å². The van der Waals surface area contributed by atoms with Crippen LogP contribution >= 0.6 is 0 Å². The van der Waals surface area contributed by atoms with Crippen molar-refractivity contribution in [3.63, 3.8) is 0 Å². The summed E-state index contributed by atoms with van der Waals surface area (Å²) in [5, 5.41) is 0.489. The Balaban J connectivity index is 1.20. The first-order valence-corrected chi connectivity index (χ1v) is 10.8. The summed E-state index contributed by atoms with van der Waals surface area (Å²) in [6.45, 7) is 4.47. The van der Waals surface area contributed by atoms with Crippen molar-refractivity contribution in [2.45, 2.75) is 6.54 Å². The van der Waals surface area contributed by atoms with E-state index in [0.717, 1.165) is 37.6 Å². The molecule has 0 saturated carbocycles. The van der Waals surface area contributed by atoms with E-state index in [1.165, 1.54) is 6.07 Å². The number of benzene rings is 2. The summed E-state index contributed by atoms with van der Waals surface area (Å²) in [4.78, 5) is 33.8. The highest BCUT2D eigenvalue weighted by Crippen LogP contribution is 2.17. The molecule has 0 spiro atoms. The number of rotatable bonds is 5. The minimum absolute atomic E-state index is 0.105. The van der Waals surface area contributed by atoms with E-state index in [9.17, 15) is 9.59 Å². The van der Waals surface area contributed by atoms with Crippen LogP contribution in [0.1, 0.15) is 10.6 Å². The molecule has 1 saturated heterocycles. The van der Waals surface area contributed by atoms with Crippen molar-refractivity contribution >= 4 is 16.9 Å². The van der Waals surface area contributed by atoms with Gasteiger partial charge in [-0.15, -0.1) is 0 Å². The van der Waals surface area contributed by atoms with Crippen LogP contribution in [0.2, 0.25) is 0 Å². The number of hydrogen-bond acceptors (Lipinski definition) is 5. The van der Waals surface area contributed by atoms with Crippen molar-refractivity contribution in [2.75, 3.05) is 32.7 Å². The lowest BCUT2D eigenvalue weighted by Gasteiger charge is -2.34. The van der Waals surface area contributed by atoms with Gasteiger partial charge in [0.25, 0.3) is 5.91 Å². The normalized spacial score (nSPS) is 14.7. The van der Waals surface area contributed by atoms with Gasteiger partial charge >= 0.3 is 0 Å². The average molecular weight is 428 g/mol. The molecule has 2 aromatic carbocycles. The van der Waals surface area contributed by atoms with Crippen molar-refractivity contribution in [1.82, 2.24) is 19.4 Å². The van der Waals surface area contributed by atoms with Gasteiger partial charge in [0.1, 0.15) is 11.4 Å². The van der Waals surface area contributed by atoms with E-state index in [1.54, 1.807) is 29.2 Å². The number of fused-ring (bicyclic) bond motifs is 1. The lowest BCUT2D eigenvalue weighted by Crippen LogP contribution is -2.49. The van der Waals surface area contributed by atoms with Gasteiger partial charge in [0.05, 0.1) is 5.39 Å². The number of aromatic nitrogens is 2. The Labute approximate surface area is 185 Å². The van der Waals surface area contributed by atoms with Crippen LogP contribution in [-0.4, -0.2) is 58.0 Å². The van der Waals surface area contributed by atoms with Crippen LogP contribution in [0.15, 0.2) is 82.3 Å². The van der Waals surface area contributed by atoms with Crippen LogP contribution in [0, 0.1) is 0 Å². The van der Waals surface area contributed by atoms with Crippen LogP contribution < -0.4 is 5.43 Å². The Morgan fingerprint density at radius 2 is 1.69 bits per heavy atom. The summed E-state index contributed by atoms with van der Waals surface area (Å²) in [5.41, 5.74) is 1.35. The highest BCUT2D eigenvalue weighted by Gasteiger charge is 2.24. The van der Waals surface area contributed by atoms with E-state index in [-0.39, 0.29) is 17.1 Å². The first-order valence-electron chi connectivity index (χ1n) is 10.8. The summed E-state index contributed by atoms with van der Waals surface area (Å²) in [6.07, 6.45) is 3.83. The summed E-state index contributed by atoms with van der Waals surface area (Å²) in [7, 11) is 0. The number of piperazine rings is 1. The maximum absolute atomic E-state index is 12.9. The Hall–Kier alpha value is -3.71. The zero-order valence-corrected chi connectivity index (χ0v) is 17.7. The minimum Gasteiger partial charge on any atom is -0.451 e. The van der Waals surface area contributed by atoms with E-state index in [2.05, 4.69) is 26.6 Å². The van der Waals surface area contributed by atoms with Gasteiger partial charge in [0.15, 0.2) is 11.2 Å². The zero-order valence-electron chi connectivity index (χ0n) is 17.7. The van der Waals surface area contributed by atoms with Crippen molar-refractivity contribution in [3.8, 4) is 11.4 Å². The lowest BCUT2D eigenvalue weighted by atomic mass is 10.2. The smallest absolute Gasteiger partial charge is 0.289 e. The van der Waals surface area contributed by atoms with Crippen molar-refractivity contribution in [2.24, 2.45) is 0 Å². The van der Waals surface area contributed by atoms with Gasteiger partial charge in [-0.25, -0.2) is 4.98 Å². The van der Waals surface area contributed by atoms with E-state index in [1.807, 2.05) is 30.6 Å². The van der Waals surface area contributed by atoms with E-state index < -0.39 is 0 Å². The second-order valence-electron chi connectivity index (χ2n) is 7.92. The molecule has 0 atom stereocenters. The molecule has 2 aromatic heterocycles. The Morgan fingerprint density at radius 3 is 2.50 bits per heavy atom.